The second-order valence-electron chi connectivity index (χ2n) is 3.15. The minimum absolute atomic E-state index is 0.131. The van der Waals surface area contributed by atoms with E-state index < -0.39 is 0 Å². The van der Waals surface area contributed by atoms with Crippen molar-refractivity contribution in [3.63, 3.8) is 0 Å². The molecule has 0 aliphatic rings. The van der Waals surface area contributed by atoms with Crippen molar-refractivity contribution in [3.05, 3.63) is 0 Å². The molecule has 0 unspecified atom stereocenters. The topological polar surface area (TPSA) is 46.2 Å². The third kappa shape index (κ3) is 9.58. The van der Waals surface area contributed by atoms with Crippen LogP contribution in [0.4, 0.5) is 0 Å². The zero-order valence-corrected chi connectivity index (χ0v) is 9.78. The lowest BCUT2D eigenvalue weighted by molar-refractivity contribution is -0.121. The van der Waals surface area contributed by atoms with Crippen molar-refractivity contribution in [2.75, 3.05) is 12.3 Å². The molecule has 82 valence electrons. The lowest BCUT2D eigenvalue weighted by Crippen LogP contribution is -2.23. The van der Waals surface area contributed by atoms with Crippen LogP contribution in [-0.2, 0) is 9.59 Å². The predicted molar refractivity (Wildman–Crippen MR) is 60.3 cm³/mol. The van der Waals surface area contributed by atoms with Gasteiger partial charge in [-0.25, -0.2) is 0 Å². The van der Waals surface area contributed by atoms with Crippen molar-refractivity contribution in [1.82, 2.24) is 5.32 Å². The van der Waals surface area contributed by atoms with E-state index in [4.69, 9.17) is 0 Å². The van der Waals surface area contributed by atoms with Gasteiger partial charge >= 0.3 is 0 Å². The summed E-state index contributed by atoms with van der Waals surface area (Å²) in [5.74, 6) is 0.991. The molecule has 14 heavy (non-hydrogen) atoms. The van der Waals surface area contributed by atoms with Gasteiger partial charge in [-0.1, -0.05) is 18.7 Å². The molecule has 1 N–H and O–H groups in total. The molecule has 3 nitrogen and oxygen atoms in total. The Labute approximate surface area is 90.0 Å². The van der Waals surface area contributed by atoms with E-state index >= 15 is 0 Å². The molecule has 0 aliphatic heterocycles. The molecule has 0 spiro atoms. The Morgan fingerprint density at radius 2 is 2.00 bits per heavy atom. The van der Waals surface area contributed by atoms with Crippen molar-refractivity contribution in [2.24, 2.45) is 0 Å². The highest BCUT2D eigenvalue weighted by Gasteiger charge is 1.98. The standard InChI is InChI=1S/C10H19NO2S/c1-3-6-10(13)11-7-4-5-8-14-9(2)12/h3-8H2,1-2H3,(H,11,13). The second-order valence-corrected chi connectivity index (χ2v) is 4.42. The molecular formula is C10H19NO2S. The van der Waals surface area contributed by atoms with Crippen molar-refractivity contribution in [3.8, 4) is 0 Å². The fraction of sp³-hybridized carbons (Fsp3) is 0.800. The molecular weight excluding hydrogens is 198 g/mol. The van der Waals surface area contributed by atoms with Gasteiger partial charge in [-0.3, -0.25) is 9.59 Å². The smallest absolute Gasteiger partial charge is 0.219 e. The summed E-state index contributed by atoms with van der Waals surface area (Å²) in [6.45, 7) is 4.30. The van der Waals surface area contributed by atoms with Crippen LogP contribution in [-0.4, -0.2) is 23.3 Å². The van der Waals surface area contributed by atoms with E-state index in [0.717, 1.165) is 31.6 Å². The number of hydrogen-bond acceptors (Lipinski definition) is 3. The zero-order chi connectivity index (χ0) is 10.8. The van der Waals surface area contributed by atoms with Crippen LogP contribution in [0.1, 0.15) is 39.5 Å². The molecule has 0 aliphatic carbocycles. The van der Waals surface area contributed by atoms with Gasteiger partial charge in [0.25, 0.3) is 0 Å². The molecule has 0 heterocycles. The lowest BCUT2D eigenvalue weighted by atomic mass is 10.3. The number of nitrogens with one attached hydrogen (secondary N) is 1. The monoisotopic (exact) mass is 217 g/mol. The van der Waals surface area contributed by atoms with Gasteiger partial charge in [0.2, 0.25) is 5.91 Å². The van der Waals surface area contributed by atoms with E-state index in [2.05, 4.69) is 5.32 Å². The van der Waals surface area contributed by atoms with Gasteiger partial charge in [-0.05, 0) is 19.3 Å². The second kappa shape index (κ2) is 9.06. The first-order chi connectivity index (χ1) is 6.66. The minimum atomic E-state index is 0.131. The fourth-order valence-electron chi connectivity index (χ4n) is 0.986. The largest absolute Gasteiger partial charge is 0.356 e. The van der Waals surface area contributed by atoms with Gasteiger partial charge in [0, 0.05) is 25.6 Å². The molecule has 0 saturated carbocycles. The molecule has 0 fully saturated rings. The molecule has 1 amide bonds. The zero-order valence-electron chi connectivity index (χ0n) is 8.97. The summed E-state index contributed by atoms with van der Waals surface area (Å²) in [7, 11) is 0. The van der Waals surface area contributed by atoms with Crippen LogP contribution < -0.4 is 5.32 Å². The number of carbonyl (C=O) groups is 2. The fourth-order valence-corrected chi connectivity index (χ4v) is 1.62. The van der Waals surface area contributed by atoms with Crippen LogP contribution in [0.3, 0.4) is 0 Å². The average Bonchev–Trinajstić information content (AvgIpc) is 2.11. The molecule has 4 heteroatoms. The first-order valence-corrected chi connectivity index (χ1v) is 6.05. The Morgan fingerprint density at radius 1 is 1.29 bits per heavy atom. The molecule has 0 aromatic rings. The Kier molecular flexibility index (Phi) is 8.73. The first-order valence-electron chi connectivity index (χ1n) is 5.07. The van der Waals surface area contributed by atoms with Crippen LogP contribution in [0.15, 0.2) is 0 Å². The summed E-state index contributed by atoms with van der Waals surface area (Å²) >= 11 is 1.35. The van der Waals surface area contributed by atoms with Gasteiger partial charge in [-0.2, -0.15) is 0 Å². The average molecular weight is 217 g/mol. The molecule has 0 saturated heterocycles. The summed E-state index contributed by atoms with van der Waals surface area (Å²) in [5.41, 5.74) is 0. The molecule has 0 aromatic carbocycles. The van der Waals surface area contributed by atoms with Crippen molar-refractivity contribution in [2.45, 2.75) is 39.5 Å². The summed E-state index contributed by atoms with van der Waals surface area (Å²) < 4.78 is 0. The Balaban J connectivity index is 3.13. The summed E-state index contributed by atoms with van der Waals surface area (Å²) in [5, 5.41) is 3.01. The maximum absolute atomic E-state index is 11.0. The Bertz CT molecular complexity index is 183. The van der Waals surface area contributed by atoms with Crippen molar-refractivity contribution < 1.29 is 9.59 Å². The van der Waals surface area contributed by atoms with E-state index in [9.17, 15) is 9.59 Å². The van der Waals surface area contributed by atoms with Gasteiger partial charge in [-0.15, -0.1) is 0 Å². The van der Waals surface area contributed by atoms with Gasteiger partial charge < -0.3 is 5.32 Å². The van der Waals surface area contributed by atoms with Crippen molar-refractivity contribution >= 4 is 22.8 Å². The van der Waals surface area contributed by atoms with Gasteiger partial charge in [0.1, 0.15) is 0 Å². The van der Waals surface area contributed by atoms with Crippen LogP contribution in [0, 0.1) is 0 Å². The van der Waals surface area contributed by atoms with E-state index in [1.165, 1.54) is 11.8 Å². The van der Waals surface area contributed by atoms with Crippen LogP contribution >= 0.6 is 11.8 Å². The van der Waals surface area contributed by atoms with E-state index in [0.29, 0.717) is 6.42 Å². The van der Waals surface area contributed by atoms with Gasteiger partial charge in [0.05, 0.1) is 0 Å². The first kappa shape index (κ1) is 13.5. The highest BCUT2D eigenvalue weighted by Crippen LogP contribution is 2.04. The molecule has 0 bridgehead atoms. The van der Waals surface area contributed by atoms with E-state index in [-0.39, 0.29) is 11.0 Å². The number of amides is 1. The molecule has 0 aromatic heterocycles. The van der Waals surface area contributed by atoms with E-state index in [1.54, 1.807) is 6.92 Å². The SMILES string of the molecule is CCCC(=O)NCCCCSC(C)=O. The third-order valence-electron chi connectivity index (χ3n) is 1.68. The normalized spacial score (nSPS) is 9.86. The van der Waals surface area contributed by atoms with Gasteiger partial charge in [0.15, 0.2) is 5.12 Å². The molecule has 0 atom stereocenters. The van der Waals surface area contributed by atoms with Crippen LogP contribution in [0.25, 0.3) is 0 Å². The Hall–Kier alpha value is -0.510. The molecule has 0 radical (unpaired) electrons. The maximum Gasteiger partial charge on any atom is 0.219 e. The number of unbranched alkanes of at least 4 members (excludes halogenated alkanes) is 1. The summed E-state index contributed by atoms with van der Waals surface area (Å²) in [4.78, 5) is 21.6. The highest BCUT2D eigenvalue weighted by atomic mass is 32.2. The minimum Gasteiger partial charge on any atom is -0.356 e. The quantitative estimate of drug-likeness (QED) is 0.663. The predicted octanol–water partition coefficient (Wildman–Crippen LogP) is 1.96. The molecule has 0 rings (SSSR count). The lowest BCUT2D eigenvalue weighted by Gasteiger charge is -2.03. The van der Waals surface area contributed by atoms with E-state index in [1.807, 2.05) is 6.92 Å². The number of thioether (sulfide) groups is 1. The number of hydrogen-bond donors (Lipinski definition) is 1. The number of rotatable bonds is 7. The van der Waals surface area contributed by atoms with Crippen LogP contribution in [0.5, 0.6) is 0 Å². The maximum atomic E-state index is 11.0. The van der Waals surface area contributed by atoms with Crippen molar-refractivity contribution in [1.29, 1.82) is 0 Å². The Morgan fingerprint density at radius 3 is 2.57 bits per heavy atom. The third-order valence-corrected chi connectivity index (χ3v) is 2.57. The summed E-state index contributed by atoms with van der Waals surface area (Å²) in [6.07, 6.45) is 3.45. The van der Waals surface area contributed by atoms with Crippen LogP contribution in [0.2, 0.25) is 0 Å². The highest BCUT2D eigenvalue weighted by molar-refractivity contribution is 8.13. The number of carbonyl (C=O) groups excluding carboxylic acids is 2. The summed E-state index contributed by atoms with van der Waals surface area (Å²) in [6, 6.07) is 0.